The van der Waals surface area contributed by atoms with Gasteiger partial charge in [0.15, 0.2) is 5.16 Å². The third kappa shape index (κ3) is 3.50. The van der Waals surface area contributed by atoms with Crippen LogP contribution in [0.2, 0.25) is 0 Å². The van der Waals surface area contributed by atoms with Crippen molar-refractivity contribution in [2.24, 2.45) is 7.05 Å². The van der Waals surface area contributed by atoms with Gasteiger partial charge in [0.1, 0.15) is 12.4 Å². The molecule has 0 aromatic carbocycles. The SMILES string of the molecule is C[C@H](C(=O)NCCSc1nncn1C)n1nc2c(cc1=O)CCC2. The second-order valence-corrected chi connectivity index (χ2v) is 6.85. The Morgan fingerprint density at radius 3 is 3.04 bits per heavy atom. The van der Waals surface area contributed by atoms with Gasteiger partial charge in [0.05, 0.1) is 5.69 Å². The number of fused-ring (bicyclic) bond motifs is 1. The highest BCUT2D eigenvalue weighted by Crippen LogP contribution is 2.18. The molecule has 8 nitrogen and oxygen atoms in total. The van der Waals surface area contributed by atoms with Crippen molar-refractivity contribution in [3.63, 3.8) is 0 Å². The van der Waals surface area contributed by atoms with Gasteiger partial charge >= 0.3 is 0 Å². The van der Waals surface area contributed by atoms with E-state index in [1.165, 1.54) is 16.4 Å². The van der Waals surface area contributed by atoms with Crippen LogP contribution in [-0.2, 0) is 24.7 Å². The Kier molecular flexibility index (Phi) is 4.98. The molecule has 0 saturated heterocycles. The van der Waals surface area contributed by atoms with Gasteiger partial charge < -0.3 is 9.88 Å². The first kappa shape index (κ1) is 16.7. The molecule has 0 fully saturated rings. The van der Waals surface area contributed by atoms with Crippen molar-refractivity contribution in [3.8, 4) is 0 Å². The van der Waals surface area contributed by atoms with Crippen LogP contribution in [0.1, 0.15) is 30.6 Å². The minimum absolute atomic E-state index is 0.207. The Morgan fingerprint density at radius 2 is 2.29 bits per heavy atom. The van der Waals surface area contributed by atoms with Gasteiger partial charge in [-0.3, -0.25) is 9.59 Å². The number of carbonyl (C=O) groups excluding carboxylic acids is 1. The molecule has 1 atom stereocenters. The van der Waals surface area contributed by atoms with E-state index in [1.54, 1.807) is 19.3 Å². The molecular formula is C15H20N6O2S. The van der Waals surface area contributed by atoms with Crippen LogP contribution in [0.3, 0.4) is 0 Å². The lowest BCUT2D eigenvalue weighted by Crippen LogP contribution is -2.38. The van der Waals surface area contributed by atoms with Crippen LogP contribution in [0.5, 0.6) is 0 Å². The fraction of sp³-hybridized carbons (Fsp3) is 0.533. The predicted molar refractivity (Wildman–Crippen MR) is 90.0 cm³/mol. The molecule has 24 heavy (non-hydrogen) atoms. The smallest absolute Gasteiger partial charge is 0.267 e. The molecule has 0 spiro atoms. The highest BCUT2D eigenvalue weighted by molar-refractivity contribution is 7.99. The highest BCUT2D eigenvalue weighted by atomic mass is 32.2. The molecule has 0 radical (unpaired) electrons. The lowest BCUT2D eigenvalue weighted by molar-refractivity contribution is -0.124. The zero-order chi connectivity index (χ0) is 17.1. The quantitative estimate of drug-likeness (QED) is 0.597. The zero-order valence-electron chi connectivity index (χ0n) is 13.7. The van der Waals surface area contributed by atoms with Crippen LogP contribution in [0.4, 0.5) is 0 Å². The highest BCUT2D eigenvalue weighted by Gasteiger charge is 2.21. The molecule has 9 heteroatoms. The Bertz CT molecular complexity index is 800. The van der Waals surface area contributed by atoms with Crippen molar-refractivity contribution in [2.75, 3.05) is 12.3 Å². The van der Waals surface area contributed by atoms with Gasteiger partial charge in [-0.05, 0) is 31.7 Å². The summed E-state index contributed by atoms with van der Waals surface area (Å²) in [5, 5.41) is 15.8. The largest absolute Gasteiger partial charge is 0.353 e. The van der Waals surface area contributed by atoms with E-state index in [0.29, 0.717) is 12.3 Å². The van der Waals surface area contributed by atoms with Crippen molar-refractivity contribution in [1.29, 1.82) is 0 Å². The monoisotopic (exact) mass is 348 g/mol. The number of nitrogens with zero attached hydrogens (tertiary/aromatic N) is 5. The Balaban J connectivity index is 1.55. The number of amides is 1. The molecular weight excluding hydrogens is 328 g/mol. The van der Waals surface area contributed by atoms with Gasteiger partial charge in [0.25, 0.3) is 5.56 Å². The summed E-state index contributed by atoms with van der Waals surface area (Å²) in [5.41, 5.74) is 1.74. The van der Waals surface area contributed by atoms with Gasteiger partial charge in [-0.1, -0.05) is 11.8 Å². The summed E-state index contributed by atoms with van der Waals surface area (Å²) in [4.78, 5) is 24.4. The average Bonchev–Trinajstić information content (AvgIpc) is 3.18. The van der Waals surface area contributed by atoms with Crippen LogP contribution >= 0.6 is 11.8 Å². The van der Waals surface area contributed by atoms with Crippen molar-refractivity contribution in [1.82, 2.24) is 29.9 Å². The van der Waals surface area contributed by atoms with E-state index in [4.69, 9.17) is 0 Å². The maximum atomic E-state index is 12.3. The number of hydrogen-bond donors (Lipinski definition) is 1. The van der Waals surface area contributed by atoms with E-state index in [2.05, 4.69) is 20.6 Å². The third-order valence-electron chi connectivity index (χ3n) is 4.03. The van der Waals surface area contributed by atoms with Crippen molar-refractivity contribution in [2.45, 2.75) is 37.4 Å². The standard InChI is InChI=1S/C15H20N6O2S/c1-10(21-13(22)8-11-4-3-5-12(11)19-21)14(23)16-6-7-24-15-18-17-9-20(15)2/h8-10H,3-7H2,1-2H3,(H,16,23)/t10-/m1/s1. The van der Waals surface area contributed by atoms with E-state index in [1.807, 2.05) is 11.6 Å². The maximum Gasteiger partial charge on any atom is 0.267 e. The summed E-state index contributed by atoms with van der Waals surface area (Å²) in [5.74, 6) is 0.471. The molecule has 0 bridgehead atoms. The predicted octanol–water partition coefficient (Wildman–Crippen LogP) is 0.330. The van der Waals surface area contributed by atoms with Gasteiger partial charge in [0, 0.05) is 25.4 Å². The lowest BCUT2D eigenvalue weighted by atomic mass is 10.2. The topological polar surface area (TPSA) is 94.7 Å². The Hall–Kier alpha value is -2.16. The number of nitrogens with one attached hydrogen (secondary N) is 1. The summed E-state index contributed by atoms with van der Waals surface area (Å²) < 4.78 is 3.11. The molecule has 1 N–H and O–H groups in total. The molecule has 2 aromatic heterocycles. The van der Waals surface area contributed by atoms with E-state index < -0.39 is 6.04 Å². The van der Waals surface area contributed by atoms with Crippen LogP contribution in [0.15, 0.2) is 22.3 Å². The van der Waals surface area contributed by atoms with Crippen LogP contribution in [0.25, 0.3) is 0 Å². The number of aromatic nitrogens is 5. The molecule has 1 amide bonds. The number of hydrogen-bond acceptors (Lipinski definition) is 6. The lowest BCUT2D eigenvalue weighted by Gasteiger charge is -2.15. The first-order valence-electron chi connectivity index (χ1n) is 7.92. The van der Waals surface area contributed by atoms with Crippen molar-refractivity contribution in [3.05, 3.63) is 34.0 Å². The van der Waals surface area contributed by atoms with Gasteiger partial charge in [0.2, 0.25) is 5.91 Å². The van der Waals surface area contributed by atoms with Crippen molar-refractivity contribution >= 4 is 17.7 Å². The van der Waals surface area contributed by atoms with E-state index in [-0.39, 0.29) is 11.5 Å². The van der Waals surface area contributed by atoms with Gasteiger partial charge in [-0.15, -0.1) is 10.2 Å². The summed E-state index contributed by atoms with van der Waals surface area (Å²) in [6.45, 7) is 2.18. The molecule has 0 aliphatic heterocycles. The molecule has 1 aliphatic carbocycles. The summed E-state index contributed by atoms with van der Waals surface area (Å²) in [6.07, 6.45) is 4.43. The fourth-order valence-corrected chi connectivity index (χ4v) is 3.41. The van der Waals surface area contributed by atoms with Gasteiger partial charge in [-0.25, -0.2) is 4.68 Å². The summed E-state index contributed by atoms with van der Waals surface area (Å²) in [6, 6.07) is 0.992. The second kappa shape index (κ2) is 7.16. The normalized spacial score (nSPS) is 14.4. The third-order valence-corrected chi connectivity index (χ3v) is 5.07. The van der Waals surface area contributed by atoms with Gasteiger partial charge in [-0.2, -0.15) is 5.10 Å². The molecule has 2 heterocycles. The molecule has 128 valence electrons. The first-order chi connectivity index (χ1) is 11.6. The maximum absolute atomic E-state index is 12.3. The van der Waals surface area contributed by atoms with E-state index >= 15 is 0 Å². The second-order valence-electron chi connectivity index (χ2n) is 5.79. The van der Waals surface area contributed by atoms with Crippen LogP contribution in [0, 0.1) is 0 Å². The van der Waals surface area contributed by atoms with Crippen molar-refractivity contribution < 1.29 is 4.79 Å². The fourth-order valence-electron chi connectivity index (χ4n) is 2.67. The molecule has 2 aromatic rings. The minimum atomic E-state index is -0.622. The Morgan fingerprint density at radius 1 is 1.46 bits per heavy atom. The molecule has 0 unspecified atom stereocenters. The summed E-state index contributed by atoms with van der Waals surface area (Å²) >= 11 is 1.51. The number of thioether (sulfide) groups is 1. The molecule has 0 saturated carbocycles. The number of carbonyl (C=O) groups is 1. The number of rotatable bonds is 6. The number of aryl methyl sites for hydroxylation is 3. The summed E-state index contributed by atoms with van der Waals surface area (Å²) in [7, 11) is 1.87. The van der Waals surface area contributed by atoms with Crippen LogP contribution in [-0.4, -0.2) is 42.7 Å². The first-order valence-corrected chi connectivity index (χ1v) is 8.91. The average molecular weight is 348 g/mol. The molecule has 1 aliphatic rings. The Labute approximate surface area is 143 Å². The zero-order valence-corrected chi connectivity index (χ0v) is 14.5. The van der Waals surface area contributed by atoms with Crippen LogP contribution < -0.4 is 10.9 Å². The molecule has 3 rings (SSSR count). The van der Waals surface area contributed by atoms with E-state index in [0.717, 1.165) is 35.7 Å². The minimum Gasteiger partial charge on any atom is -0.353 e. The van der Waals surface area contributed by atoms with E-state index in [9.17, 15) is 9.59 Å².